The van der Waals surface area contributed by atoms with Crippen LogP contribution in [0.2, 0.25) is 0 Å². The van der Waals surface area contributed by atoms with Crippen molar-refractivity contribution in [3.63, 3.8) is 0 Å². The first-order valence-corrected chi connectivity index (χ1v) is 5.02. The van der Waals surface area contributed by atoms with Gasteiger partial charge in [0.1, 0.15) is 0 Å². The zero-order valence-electron chi connectivity index (χ0n) is 2.49. The van der Waals surface area contributed by atoms with Crippen molar-refractivity contribution < 1.29 is 4.57 Å². The van der Waals surface area contributed by atoms with Crippen LogP contribution in [0.3, 0.4) is 0 Å². The Morgan fingerprint density at radius 2 is 1.50 bits per heavy atom. The van der Waals surface area contributed by atoms with Gasteiger partial charge in [-0.1, -0.05) is 0 Å². The molecule has 1 nitrogen and oxygen atoms in total. The highest BCUT2D eigenvalue weighted by molar-refractivity contribution is 14.3. The van der Waals surface area contributed by atoms with Crippen LogP contribution >= 0.6 is 76.2 Å². The second-order valence-corrected chi connectivity index (χ2v) is 15.0. The third-order valence-corrected chi connectivity index (χ3v) is 2.08. The first kappa shape index (κ1) is 8.29. The summed E-state index contributed by atoms with van der Waals surface area (Å²) in [5.74, 6) is 0. The van der Waals surface area contributed by atoms with E-state index in [4.69, 9.17) is 0 Å². The fraction of sp³-hybridized carbons (Fsp3) is 1.00. The summed E-state index contributed by atoms with van der Waals surface area (Å²) in [7, 11) is 0.185. The Balaban J connectivity index is 3.45. The molecule has 0 heterocycles. The minimum Gasteiger partial charge on any atom is -0.272 e. The predicted octanol–water partition coefficient (Wildman–Crippen LogP) is 3.19. The lowest BCUT2D eigenvalue weighted by Crippen LogP contribution is -1.77. The third-order valence-electron chi connectivity index (χ3n) is 0.104. The van der Waals surface area contributed by atoms with Gasteiger partial charge in [0.15, 0.2) is 8.46 Å². The largest absolute Gasteiger partial charge is 0.272 e. The van der Waals surface area contributed by atoms with Crippen LogP contribution in [0.1, 0.15) is 0 Å². The van der Waals surface area contributed by atoms with Gasteiger partial charge in [-0.15, -0.1) is 0 Å². The van der Waals surface area contributed by atoms with E-state index in [1.54, 1.807) is 0 Å². The van der Waals surface area contributed by atoms with Crippen molar-refractivity contribution >= 4 is 76.2 Å². The van der Waals surface area contributed by atoms with Gasteiger partial charge in [0.05, 0.1) is 0 Å². The van der Waals surface area contributed by atoms with Crippen molar-refractivity contribution in [1.82, 2.24) is 0 Å². The molecule has 0 rings (SSSR count). The van der Waals surface area contributed by atoms with E-state index in [1.165, 1.54) is 0 Å². The van der Waals surface area contributed by atoms with Crippen LogP contribution in [-0.4, -0.2) is -0.824 Å². The minimum absolute atomic E-state index is 0.132. The number of hydrogen-bond donors (Lipinski definition) is 0. The summed E-state index contributed by atoms with van der Waals surface area (Å²) in [5, 5.41) is 0. The van der Waals surface area contributed by atoms with Gasteiger partial charge in [0.2, 0.25) is -0.824 Å². The van der Waals surface area contributed by atoms with Gasteiger partial charge in [0, 0.05) is 0 Å². The summed E-state index contributed by atoms with van der Waals surface area (Å²) in [5.41, 5.74) is 0. The van der Waals surface area contributed by atoms with Crippen molar-refractivity contribution in [2.24, 2.45) is 0 Å². The van der Waals surface area contributed by atoms with E-state index in [0.717, 1.165) is 0 Å². The molecule has 36 valence electrons. The highest BCUT2D eigenvalue weighted by Gasteiger charge is 2.15. The maximum Gasteiger partial charge on any atom is 0.202 e. The van der Waals surface area contributed by atoms with E-state index in [1.807, 2.05) is 0 Å². The monoisotopic (exact) mass is 440 g/mol. The van der Waals surface area contributed by atoms with E-state index in [2.05, 4.69) is 67.8 Å². The number of halogens is 3. The predicted molar refractivity (Wildman–Crippen MR) is 52.4 cm³/mol. The molecule has 0 aromatic heterocycles. The number of alkyl halides is 3. The van der Waals surface area contributed by atoms with Crippen LogP contribution in [0.25, 0.3) is 0 Å². The van der Waals surface area contributed by atoms with E-state index in [9.17, 15) is 4.57 Å². The Labute approximate surface area is 78.6 Å². The Morgan fingerprint density at radius 3 is 1.50 bits per heavy atom. The van der Waals surface area contributed by atoms with E-state index in [0.29, 0.717) is 0 Å². The molecule has 0 amide bonds. The van der Waals surface area contributed by atoms with E-state index >= 15 is 0 Å². The molecule has 0 N–H and O–H groups in total. The lowest BCUT2D eigenvalue weighted by atomic mass is 11.9. The summed E-state index contributed by atoms with van der Waals surface area (Å²) < 4.78 is 9.77. The molecule has 0 aliphatic heterocycles. The normalized spacial score (nSPS) is 12.5. The van der Waals surface area contributed by atoms with Crippen LogP contribution in [0.15, 0.2) is 0 Å². The van der Waals surface area contributed by atoms with Crippen molar-refractivity contribution in [2.75, 3.05) is 0 Å². The molecule has 0 aliphatic rings. The first-order chi connectivity index (χ1) is 2.56. The van der Waals surface area contributed by atoms with Gasteiger partial charge in [-0.3, -0.25) is 4.57 Å². The standard InChI is InChI=1S/CI3OP/c2-1(3,4)6-5. The van der Waals surface area contributed by atoms with Gasteiger partial charge < -0.3 is 0 Å². The molecule has 0 aromatic carbocycles. The molecule has 0 saturated carbocycles. The van der Waals surface area contributed by atoms with Crippen LogP contribution in [0.5, 0.6) is 0 Å². The number of hydrogen-bond acceptors (Lipinski definition) is 1. The molecular formula is CI3OP. The quantitative estimate of drug-likeness (QED) is 0.348. The van der Waals surface area contributed by atoms with Crippen molar-refractivity contribution in [2.45, 2.75) is -0.824 Å². The van der Waals surface area contributed by atoms with Crippen LogP contribution in [0.4, 0.5) is 0 Å². The zero-order chi connectivity index (χ0) is 5.21. The van der Waals surface area contributed by atoms with Crippen LogP contribution in [-0.2, 0) is 4.57 Å². The summed E-state index contributed by atoms with van der Waals surface area (Å²) in [6.07, 6.45) is 0. The van der Waals surface area contributed by atoms with Crippen LogP contribution < -0.4 is 0 Å². The molecule has 0 radical (unpaired) electrons. The fourth-order valence-corrected chi connectivity index (χ4v) is 0. The topological polar surface area (TPSA) is 17.1 Å². The summed E-state index contributed by atoms with van der Waals surface area (Å²) >= 11 is 6.27. The Hall–Kier alpha value is 2.29. The molecule has 0 atom stereocenters. The highest BCUT2D eigenvalue weighted by atomic mass is 127. The third kappa shape index (κ3) is 6.29. The molecule has 0 spiro atoms. The van der Waals surface area contributed by atoms with Crippen molar-refractivity contribution in [1.29, 1.82) is 0 Å². The average molecular weight is 440 g/mol. The molecule has 0 aliphatic carbocycles. The Morgan fingerprint density at radius 1 is 1.33 bits per heavy atom. The molecule has 0 fully saturated rings. The first-order valence-electron chi connectivity index (χ1n) is 0.973. The molecule has 0 bridgehead atoms. The Kier molecular flexibility index (Phi) is 4.62. The summed E-state index contributed by atoms with van der Waals surface area (Å²) in [4.78, 5) is 0. The van der Waals surface area contributed by atoms with E-state index < -0.39 is 0 Å². The second-order valence-electron chi connectivity index (χ2n) is 0.559. The van der Waals surface area contributed by atoms with Gasteiger partial charge >= 0.3 is 0 Å². The SMILES string of the molecule is O=PC(I)(I)I. The molecule has 5 heteroatoms. The highest BCUT2D eigenvalue weighted by Crippen LogP contribution is 2.45. The van der Waals surface area contributed by atoms with Crippen LogP contribution in [0, 0.1) is 0 Å². The maximum absolute atomic E-state index is 9.90. The molecule has 0 aromatic rings. The van der Waals surface area contributed by atoms with Crippen molar-refractivity contribution in [3.05, 3.63) is 0 Å². The molecule has 0 unspecified atom stereocenters. The maximum atomic E-state index is 9.90. The zero-order valence-corrected chi connectivity index (χ0v) is 9.86. The van der Waals surface area contributed by atoms with Gasteiger partial charge in [-0.2, -0.15) is 0 Å². The minimum atomic E-state index is -0.132. The van der Waals surface area contributed by atoms with E-state index in [-0.39, 0.29) is 7.64 Å². The lowest BCUT2D eigenvalue weighted by Gasteiger charge is -1.93. The van der Waals surface area contributed by atoms with Gasteiger partial charge in [-0.25, -0.2) is 0 Å². The molecule has 0 saturated heterocycles. The summed E-state index contributed by atoms with van der Waals surface area (Å²) in [6, 6.07) is 0. The van der Waals surface area contributed by atoms with Gasteiger partial charge in [0.25, 0.3) is 0 Å². The smallest absolute Gasteiger partial charge is 0.202 e. The molecule has 6 heavy (non-hydrogen) atoms. The Bertz CT molecular complexity index is 56.3. The number of rotatable bonds is 1. The average Bonchev–Trinajstić information content (AvgIpc) is 1.35. The van der Waals surface area contributed by atoms with Gasteiger partial charge in [-0.05, 0) is 67.8 Å². The second kappa shape index (κ2) is 3.34. The van der Waals surface area contributed by atoms with Crippen molar-refractivity contribution in [3.8, 4) is 0 Å². The fourth-order valence-electron chi connectivity index (χ4n) is 0. The molecular weight excluding hydrogens is 440 g/mol. The lowest BCUT2D eigenvalue weighted by molar-refractivity contribution is 0.600. The summed E-state index contributed by atoms with van der Waals surface area (Å²) in [6.45, 7) is 0.